The average Bonchev–Trinajstić information content (AvgIpc) is 3.03. The molecule has 132 valence electrons. The molecule has 0 unspecified atom stereocenters. The van der Waals surface area contributed by atoms with Gasteiger partial charge < -0.3 is 0 Å². The molecule has 1 amide bonds. The SMILES string of the molecule is Cc1ccc(-c2csc(NC(=O)c3ccc(Cl)cc3Cl)n2)cc1[N+](=O)[O-]. The molecule has 1 N–H and O–H groups in total. The number of hydrogen-bond donors (Lipinski definition) is 1. The van der Waals surface area contributed by atoms with Gasteiger partial charge in [0.05, 0.1) is 21.2 Å². The van der Waals surface area contributed by atoms with Gasteiger partial charge in [0.15, 0.2) is 5.13 Å². The Bertz CT molecular complexity index is 1020. The summed E-state index contributed by atoms with van der Waals surface area (Å²) in [4.78, 5) is 27.3. The Morgan fingerprint density at radius 3 is 2.69 bits per heavy atom. The number of carbonyl (C=O) groups is 1. The second-order valence-electron chi connectivity index (χ2n) is 5.37. The Hall–Kier alpha value is -2.48. The van der Waals surface area contributed by atoms with Gasteiger partial charge in [-0.3, -0.25) is 20.2 Å². The molecular formula is C17H11Cl2N3O3S. The number of hydrogen-bond acceptors (Lipinski definition) is 5. The van der Waals surface area contributed by atoms with Crippen LogP contribution in [-0.4, -0.2) is 15.8 Å². The standard InChI is InChI=1S/C17H11Cl2N3O3S/c1-9-2-3-10(6-15(9)22(24)25)14-8-26-17(20-14)21-16(23)12-5-4-11(18)7-13(12)19/h2-8H,1H3,(H,20,21,23). The summed E-state index contributed by atoms with van der Waals surface area (Å²) < 4.78 is 0. The molecule has 3 rings (SSSR count). The molecule has 0 atom stereocenters. The zero-order valence-electron chi connectivity index (χ0n) is 13.3. The van der Waals surface area contributed by atoms with E-state index in [1.54, 1.807) is 30.5 Å². The van der Waals surface area contributed by atoms with E-state index in [0.29, 0.717) is 27.0 Å². The van der Waals surface area contributed by atoms with Crippen LogP contribution in [0.1, 0.15) is 15.9 Å². The van der Waals surface area contributed by atoms with Crippen LogP contribution < -0.4 is 5.32 Å². The number of thiazole rings is 1. The lowest BCUT2D eigenvalue weighted by Gasteiger charge is -2.04. The molecule has 1 heterocycles. The smallest absolute Gasteiger partial charge is 0.272 e. The summed E-state index contributed by atoms with van der Waals surface area (Å²) in [5, 5.41) is 16.5. The highest BCUT2D eigenvalue weighted by Crippen LogP contribution is 2.30. The Morgan fingerprint density at radius 2 is 2.00 bits per heavy atom. The monoisotopic (exact) mass is 407 g/mol. The molecule has 0 saturated heterocycles. The van der Waals surface area contributed by atoms with Crippen molar-refractivity contribution in [3.05, 3.63) is 73.1 Å². The molecule has 0 aliphatic rings. The highest BCUT2D eigenvalue weighted by Gasteiger charge is 2.16. The molecule has 0 fully saturated rings. The number of rotatable bonds is 4. The molecule has 0 radical (unpaired) electrons. The quantitative estimate of drug-likeness (QED) is 0.451. The molecule has 3 aromatic rings. The first-order valence-electron chi connectivity index (χ1n) is 7.32. The van der Waals surface area contributed by atoms with E-state index in [9.17, 15) is 14.9 Å². The summed E-state index contributed by atoms with van der Waals surface area (Å²) in [6.07, 6.45) is 0. The number of aryl methyl sites for hydroxylation is 1. The number of nitro groups is 1. The largest absolute Gasteiger partial charge is 0.298 e. The lowest BCUT2D eigenvalue weighted by atomic mass is 10.1. The number of anilines is 1. The predicted octanol–water partition coefficient (Wildman–Crippen LogP) is 5.59. The van der Waals surface area contributed by atoms with Crippen LogP contribution in [0.15, 0.2) is 41.8 Å². The number of nitrogens with zero attached hydrogens (tertiary/aromatic N) is 2. The number of aromatic nitrogens is 1. The normalized spacial score (nSPS) is 10.6. The van der Waals surface area contributed by atoms with Crippen molar-refractivity contribution in [3.63, 3.8) is 0 Å². The molecule has 0 aliphatic carbocycles. The highest BCUT2D eigenvalue weighted by atomic mass is 35.5. The van der Waals surface area contributed by atoms with E-state index < -0.39 is 10.8 Å². The minimum Gasteiger partial charge on any atom is -0.298 e. The van der Waals surface area contributed by atoms with Crippen LogP contribution in [0, 0.1) is 17.0 Å². The number of amides is 1. The second-order valence-corrected chi connectivity index (χ2v) is 7.08. The zero-order chi connectivity index (χ0) is 18.8. The fraction of sp³-hybridized carbons (Fsp3) is 0.0588. The molecule has 2 aromatic carbocycles. The maximum absolute atomic E-state index is 12.3. The third-order valence-electron chi connectivity index (χ3n) is 3.60. The summed E-state index contributed by atoms with van der Waals surface area (Å²) in [5.41, 5.74) is 2.01. The molecule has 26 heavy (non-hydrogen) atoms. The molecule has 0 aliphatic heterocycles. The number of halogens is 2. The minimum absolute atomic E-state index is 0.0223. The van der Waals surface area contributed by atoms with Crippen LogP contribution in [0.25, 0.3) is 11.3 Å². The third kappa shape index (κ3) is 3.85. The topological polar surface area (TPSA) is 85.1 Å². The lowest BCUT2D eigenvalue weighted by Crippen LogP contribution is -2.12. The van der Waals surface area contributed by atoms with Gasteiger partial charge in [-0.05, 0) is 25.1 Å². The van der Waals surface area contributed by atoms with Crippen LogP contribution in [0.2, 0.25) is 10.0 Å². The van der Waals surface area contributed by atoms with Crippen LogP contribution >= 0.6 is 34.5 Å². The van der Waals surface area contributed by atoms with Crippen molar-refractivity contribution in [1.29, 1.82) is 0 Å². The van der Waals surface area contributed by atoms with Crippen LogP contribution in [0.4, 0.5) is 10.8 Å². The van der Waals surface area contributed by atoms with Crippen molar-refractivity contribution in [2.24, 2.45) is 0 Å². The first kappa shape index (κ1) is 18.3. The van der Waals surface area contributed by atoms with Crippen LogP contribution in [0.3, 0.4) is 0 Å². The Kier molecular flexibility index (Phi) is 5.22. The van der Waals surface area contributed by atoms with E-state index in [1.807, 2.05) is 0 Å². The van der Waals surface area contributed by atoms with Crippen LogP contribution in [-0.2, 0) is 0 Å². The summed E-state index contributed by atoms with van der Waals surface area (Å²) in [6.45, 7) is 1.67. The maximum Gasteiger partial charge on any atom is 0.272 e. The summed E-state index contributed by atoms with van der Waals surface area (Å²) >= 11 is 13.1. The van der Waals surface area contributed by atoms with Crippen molar-refractivity contribution in [3.8, 4) is 11.3 Å². The second kappa shape index (κ2) is 7.41. The Balaban J connectivity index is 1.83. The summed E-state index contributed by atoms with van der Waals surface area (Å²) in [6, 6.07) is 9.46. The highest BCUT2D eigenvalue weighted by molar-refractivity contribution is 7.14. The van der Waals surface area contributed by atoms with Gasteiger partial charge in [-0.2, -0.15) is 0 Å². The zero-order valence-corrected chi connectivity index (χ0v) is 15.7. The van der Waals surface area contributed by atoms with E-state index in [4.69, 9.17) is 23.2 Å². The van der Waals surface area contributed by atoms with Crippen molar-refractivity contribution in [2.45, 2.75) is 6.92 Å². The minimum atomic E-state index is -0.434. The van der Waals surface area contributed by atoms with Gasteiger partial charge in [0, 0.05) is 27.6 Å². The van der Waals surface area contributed by atoms with Gasteiger partial charge in [0.2, 0.25) is 0 Å². The Labute approximate surface area is 162 Å². The van der Waals surface area contributed by atoms with Gasteiger partial charge in [0.1, 0.15) is 0 Å². The number of carbonyl (C=O) groups excluding carboxylic acids is 1. The van der Waals surface area contributed by atoms with Crippen LogP contribution in [0.5, 0.6) is 0 Å². The number of nitrogens with one attached hydrogen (secondary N) is 1. The summed E-state index contributed by atoms with van der Waals surface area (Å²) in [7, 11) is 0. The van der Waals surface area contributed by atoms with E-state index in [2.05, 4.69) is 10.3 Å². The lowest BCUT2D eigenvalue weighted by molar-refractivity contribution is -0.385. The summed E-state index contributed by atoms with van der Waals surface area (Å²) in [5.74, 6) is -0.414. The van der Waals surface area contributed by atoms with E-state index in [0.717, 1.165) is 0 Å². The van der Waals surface area contributed by atoms with Crippen molar-refractivity contribution in [2.75, 3.05) is 5.32 Å². The Morgan fingerprint density at radius 1 is 1.23 bits per heavy atom. The molecule has 0 spiro atoms. The van der Waals surface area contributed by atoms with Gasteiger partial charge >= 0.3 is 0 Å². The molecular weight excluding hydrogens is 397 g/mol. The van der Waals surface area contributed by atoms with Crippen molar-refractivity contribution < 1.29 is 9.72 Å². The maximum atomic E-state index is 12.3. The predicted molar refractivity (Wildman–Crippen MR) is 103 cm³/mol. The number of nitro benzene ring substituents is 1. The first-order chi connectivity index (χ1) is 12.3. The third-order valence-corrected chi connectivity index (χ3v) is 4.91. The van der Waals surface area contributed by atoms with Crippen molar-refractivity contribution >= 4 is 51.3 Å². The average molecular weight is 408 g/mol. The van der Waals surface area contributed by atoms with Gasteiger partial charge in [-0.15, -0.1) is 11.3 Å². The fourth-order valence-corrected chi connectivity index (χ4v) is 3.48. The van der Waals surface area contributed by atoms with E-state index in [1.165, 1.54) is 29.5 Å². The van der Waals surface area contributed by atoms with E-state index in [-0.39, 0.29) is 16.3 Å². The van der Waals surface area contributed by atoms with Crippen molar-refractivity contribution in [1.82, 2.24) is 4.98 Å². The van der Waals surface area contributed by atoms with Gasteiger partial charge in [-0.25, -0.2) is 4.98 Å². The molecule has 1 aromatic heterocycles. The molecule has 0 bridgehead atoms. The molecule has 0 saturated carbocycles. The van der Waals surface area contributed by atoms with E-state index >= 15 is 0 Å². The van der Waals surface area contributed by atoms with Gasteiger partial charge in [0.25, 0.3) is 11.6 Å². The fourth-order valence-electron chi connectivity index (χ4n) is 2.27. The molecule has 9 heteroatoms. The molecule has 6 nitrogen and oxygen atoms in total. The van der Waals surface area contributed by atoms with Gasteiger partial charge in [-0.1, -0.05) is 35.3 Å². The first-order valence-corrected chi connectivity index (χ1v) is 8.96. The number of benzene rings is 2.